The Labute approximate surface area is 189 Å². The highest BCUT2D eigenvalue weighted by Crippen LogP contribution is 2.32. The predicted octanol–water partition coefficient (Wildman–Crippen LogP) is 4.81. The normalized spacial score (nSPS) is 16.0. The number of rotatable bonds is 8. The van der Waals surface area contributed by atoms with Crippen LogP contribution in [0.3, 0.4) is 0 Å². The van der Waals surface area contributed by atoms with Crippen molar-refractivity contribution in [2.75, 3.05) is 19.8 Å². The third-order valence-electron chi connectivity index (χ3n) is 5.09. The van der Waals surface area contributed by atoms with Gasteiger partial charge < -0.3 is 18.9 Å². The van der Waals surface area contributed by atoms with Crippen molar-refractivity contribution < 1.29 is 18.8 Å². The molecule has 1 aliphatic rings. The minimum Gasteiger partial charge on any atom is -0.490 e. The number of carbonyl (C=O) groups is 1. The summed E-state index contributed by atoms with van der Waals surface area (Å²) in [5.41, 5.74) is 1.86. The topological polar surface area (TPSA) is 77.7 Å². The lowest BCUT2D eigenvalue weighted by Crippen LogP contribution is -2.24. The van der Waals surface area contributed by atoms with Gasteiger partial charge in [-0.2, -0.15) is 4.98 Å². The van der Waals surface area contributed by atoms with E-state index in [9.17, 15) is 4.79 Å². The van der Waals surface area contributed by atoms with Crippen molar-refractivity contribution in [3.8, 4) is 22.9 Å². The van der Waals surface area contributed by atoms with Crippen LogP contribution in [0, 0.1) is 0 Å². The van der Waals surface area contributed by atoms with Crippen molar-refractivity contribution in [3.05, 3.63) is 58.4 Å². The zero-order chi connectivity index (χ0) is 21.8. The summed E-state index contributed by atoms with van der Waals surface area (Å²) < 4.78 is 17.8. The molecule has 1 fully saturated rings. The van der Waals surface area contributed by atoms with Gasteiger partial charge in [-0.1, -0.05) is 27.2 Å². The maximum atomic E-state index is 12.6. The highest BCUT2D eigenvalue weighted by Gasteiger charge is 2.34. The van der Waals surface area contributed by atoms with Crippen LogP contribution in [0.4, 0.5) is 0 Å². The van der Waals surface area contributed by atoms with Crippen LogP contribution in [0.25, 0.3) is 11.4 Å². The molecule has 8 heteroatoms. The van der Waals surface area contributed by atoms with Crippen LogP contribution in [0.5, 0.6) is 11.5 Å². The Morgan fingerprint density at radius 2 is 1.84 bits per heavy atom. The molecule has 162 valence electrons. The van der Waals surface area contributed by atoms with E-state index in [4.69, 9.17) is 14.0 Å². The van der Waals surface area contributed by atoms with E-state index in [1.807, 2.05) is 61.2 Å². The first kappa shape index (κ1) is 21.4. The molecule has 1 atom stereocenters. The van der Waals surface area contributed by atoms with E-state index in [-0.39, 0.29) is 11.8 Å². The van der Waals surface area contributed by atoms with Gasteiger partial charge in [0.2, 0.25) is 17.6 Å². The molecule has 0 N–H and O–H groups in total. The molecule has 7 nitrogen and oxygen atoms in total. The highest BCUT2D eigenvalue weighted by atomic mass is 79.9. The van der Waals surface area contributed by atoms with Gasteiger partial charge in [0.1, 0.15) is 0 Å². The Morgan fingerprint density at radius 1 is 1.10 bits per heavy atom. The Bertz CT molecular complexity index is 1050. The summed E-state index contributed by atoms with van der Waals surface area (Å²) >= 11 is 3.42. The molecule has 0 radical (unpaired) electrons. The standard InChI is InChI=1S/C23H24BrN3O4/c1-3-29-19-10-5-15(11-20(19)30-4-2)13-27-14-17(12-21(27)28)23-25-22(26-31-23)16-6-8-18(24)9-7-16/h5-11,17H,3-4,12-14H2,1-2H3. The molecule has 1 aliphatic heterocycles. The zero-order valence-corrected chi connectivity index (χ0v) is 19.1. The van der Waals surface area contributed by atoms with Gasteiger partial charge in [0.05, 0.1) is 19.1 Å². The van der Waals surface area contributed by atoms with E-state index in [0.717, 1.165) is 15.6 Å². The van der Waals surface area contributed by atoms with E-state index in [1.54, 1.807) is 0 Å². The third kappa shape index (κ3) is 4.90. The second-order valence-electron chi connectivity index (χ2n) is 7.29. The number of aromatic nitrogens is 2. The second-order valence-corrected chi connectivity index (χ2v) is 8.20. The molecule has 3 aromatic rings. The fourth-order valence-electron chi connectivity index (χ4n) is 3.62. The smallest absolute Gasteiger partial charge is 0.232 e. The molecule has 0 saturated carbocycles. The molecule has 31 heavy (non-hydrogen) atoms. The molecule has 0 spiro atoms. The van der Waals surface area contributed by atoms with Crippen molar-refractivity contribution in [1.82, 2.24) is 15.0 Å². The molecular formula is C23H24BrN3O4. The van der Waals surface area contributed by atoms with Crippen LogP contribution in [0.2, 0.25) is 0 Å². The van der Waals surface area contributed by atoms with E-state index in [0.29, 0.717) is 55.9 Å². The maximum absolute atomic E-state index is 12.6. The summed E-state index contributed by atoms with van der Waals surface area (Å²) in [5, 5.41) is 4.09. The van der Waals surface area contributed by atoms with E-state index in [1.165, 1.54) is 0 Å². The Kier molecular flexibility index (Phi) is 6.56. The summed E-state index contributed by atoms with van der Waals surface area (Å²) in [7, 11) is 0. The first-order valence-corrected chi connectivity index (χ1v) is 11.1. The van der Waals surface area contributed by atoms with Crippen LogP contribution in [0.1, 0.15) is 37.6 Å². The molecule has 2 heterocycles. The Hall–Kier alpha value is -2.87. The number of likely N-dealkylation sites (tertiary alicyclic amines) is 1. The number of amides is 1. The predicted molar refractivity (Wildman–Crippen MR) is 119 cm³/mol. The van der Waals surface area contributed by atoms with Crippen molar-refractivity contribution in [1.29, 1.82) is 0 Å². The van der Waals surface area contributed by atoms with Crippen molar-refractivity contribution >= 4 is 21.8 Å². The molecule has 1 saturated heterocycles. The lowest BCUT2D eigenvalue weighted by atomic mass is 10.1. The van der Waals surface area contributed by atoms with E-state index < -0.39 is 0 Å². The minimum absolute atomic E-state index is 0.0697. The van der Waals surface area contributed by atoms with Crippen LogP contribution in [0.15, 0.2) is 51.5 Å². The first-order chi connectivity index (χ1) is 15.1. The fraction of sp³-hybridized carbons (Fsp3) is 0.348. The van der Waals surface area contributed by atoms with Crippen molar-refractivity contribution in [3.63, 3.8) is 0 Å². The number of carbonyl (C=O) groups excluding carboxylic acids is 1. The average molecular weight is 486 g/mol. The molecule has 1 unspecified atom stereocenters. The number of halogens is 1. The van der Waals surface area contributed by atoms with Crippen molar-refractivity contribution in [2.45, 2.75) is 32.7 Å². The summed E-state index contributed by atoms with van der Waals surface area (Å²) in [4.78, 5) is 19.0. The molecular weight excluding hydrogens is 462 g/mol. The van der Waals surface area contributed by atoms with Crippen LogP contribution in [-0.4, -0.2) is 40.7 Å². The molecule has 4 rings (SSSR count). The average Bonchev–Trinajstić information content (AvgIpc) is 3.38. The summed E-state index contributed by atoms with van der Waals surface area (Å²) in [5.74, 6) is 2.39. The number of ether oxygens (including phenoxy) is 2. The lowest BCUT2D eigenvalue weighted by Gasteiger charge is -2.18. The second kappa shape index (κ2) is 9.51. The summed E-state index contributed by atoms with van der Waals surface area (Å²) in [6, 6.07) is 13.5. The number of hydrogen-bond acceptors (Lipinski definition) is 6. The van der Waals surface area contributed by atoms with Gasteiger partial charge in [0.15, 0.2) is 11.5 Å². The van der Waals surface area contributed by atoms with Crippen molar-refractivity contribution in [2.24, 2.45) is 0 Å². The number of nitrogens with zero attached hydrogens (tertiary/aromatic N) is 3. The van der Waals surface area contributed by atoms with E-state index in [2.05, 4.69) is 26.1 Å². The van der Waals surface area contributed by atoms with Gasteiger partial charge in [0.25, 0.3) is 0 Å². The van der Waals surface area contributed by atoms with Gasteiger partial charge in [-0.25, -0.2) is 0 Å². The minimum atomic E-state index is -0.113. The van der Waals surface area contributed by atoms with E-state index >= 15 is 0 Å². The Balaban J connectivity index is 1.45. The van der Waals surface area contributed by atoms with Crippen LogP contribution in [-0.2, 0) is 11.3 Å². The number of hydrogen-bond donors (Lipinski definition) is 0. The fourth-order valence-corrected chi connectivity index (χ4v) is 3.89. The van der Waals surface area contributed by atoms with Gasteiger partial charge in [0, 0.05) is 29.5 Å². The summed E-state index contributed by atoms with van der Waals surface area (Å²) in [6.07, 6.45) is 0.358. The SMILES string of the molecule is CCOc1ccc(CN2CC(c3nc(-c4ccc(Br)cc4)no3)CC2=O)cc1OCC. The maximum Gasteiger partial charge on any atom is 0.232 e. The Morgan fingerprint density at radius 3 is 2.58 bits per heavy atom. The molecule has 2 aromatic carbocycles. The highest BCUT2D eigenvalue weighted by molar-refractivity contribution is 9.10. The van der Waals surface area contributed by atoms with Gasteiger partial charge >= 0.3 is 0 Å². The third-order valence-corrected chi connectivity index (χ3v) is 5.62. The monoisotopic (exact) mass is 485 g/mol. The van der Waals surface area contributed by atoms with Gasteiger partial charge in [-0.3, -0.25) is 4.79 Å². The molecule has 1 amide bonds. The lowest BCUT2D eigenvalue weighted by molar-refractivity contribution is -0.128. The van der Waals surface area contributed by atoms with Crippen LogP contribution >= 0.6 is 15.9 Å². The largest absolute Gasteiger partial charge is 0.490 e. The molecule has 1 aromatic heterocycles. The molecule has 0 aliphatic carbocycles. The zero-order valence-electron chi connectivity index (χ0n) is 17.5. The van der Waals surface area contributed by atoms with Crippen LogP contribution < -0.4 is 9.47 Å². The number of benzene rings is 2. The molecule has 0 bridgehead atoms. The van der Waals surface area contributed by atoms with Gasteiger partial charge in [-0.05, 0) is 55.8 Å². The summed E-state index contributed by atoms with van der Waals surface area (Å²) in [6.45, 7) is 6.02. The first-order valence-electron chi connectivity index (χ1n) is 10.3. The van der Waals surface area contributed by atoms with Gasteiger partial charge in [-0.15, -0.1) is 0 Å². The quantitative estimate of drug-likeness (QED) is 0.455.